The normalized spacial score (nSPS) is 29.7. The number of imidazole rings is 1. The Morgan fingerprint density at radius 2 is 2.00 bits per heavy atom. The van der Waals surface area contributed by atoms with Gasteiger partial charge in [0.1, 0.15) is 0 Å². The van der Waals surface area contributed by atoms with Gasteiger partial charge in [0, 0.05) is 38.9 Å². The van der Waals surface area contributed by atoms with E-state index in [1.807, 2.05) is 24.5 Å². The van der Waals surface area contributed by atoms with Crippen LogP contribution in [0.4, 0.5) is 0 Å². The van der Waals surface area contributed by atoms with Gasteiger partial charge in [0.05, 0.1) is 17.4 Å². The van der Waals surface area contributed by atoms with E-state index in [0.717, 1.165) is 45.4 Å². The standard InChI is InChI=1S/C19H30N4O/c1-21-10-5-8-19(18(21)24)9-11-22(14-19)13-17-12-20-15-23(17)16-6-3-2-4-7-16/h12,15-16H,2-11,13-14H2,1H3. The maximum atomic E-state index is 12.7. The van der Waals surface area contributed by atoms with Crippen molar-refractivity contribution in [2.75, 3.05) is 26.7 Å². The van der Waals surface area contributed by atoms with Gasteiger partial charge >= 0.3 is 0 Å². The quantitative estimate of drug-likeness (QED) is 0.856. The topological polar surface area (TPSA) is 41.4 Å². The predicted octanol–water partition coefficient (Wildman–Crippen LogP) is 2.83. The third-order valence-electron chi connectivity index (χ3n) is 6.48. The summed E-state index contributed by atoms with van der Waals surface area (Å²) < 4.78 is 2.42. The molecule has 0 N–H and O–H groups in total. The fraction of sp³-hybridized carbons (Fsp3) is 0.789. The first-order valence-electron chi connectivity index (χ1n) is 9.67. The molecule has 1 spiro atoms. The monoisotopic (exact) mass is 330 g/mol. The number of hydrogen-bond acceptors (Lipinski definition) is 3. The van der Waals surface area contributed by atoms with Gasteiger partial charge in [-0.1, -0.05) is 19.3 Å². The van der Waals surface area contributed by atoms with Crippen molar-refractivity contribution in [2.45, 2.75) is 64.0 Å². The minimum absolute atomic E-state index is 0.108. The zero-order valence-electron chi connectivity index (χ0n) is 14.9. The maximum Gasteiger partial charge on any atom is 0.229 e. The summed E-state index contributed by atoms with van der Waals surface area (Å²) in [5, 5.41) is 0. The Morgan fingerprint density at radius 1 is 1.17 bits per heavy atom. The van der Waals surface area contributed by atoms with Crippen LogP contribution in [0.1, 0.15) is 63.1 Å². The van der Waals surface area contributed by atoms with Gasteiger partial charge < -0.3 is 9.47 Å². The first-order valence-corrected chi connectivity index (χ1v) is 9.67. The Kier molecular flexibility index (Phi) is 4.37. The van der Waals surface area contributed by atoms with Crippen molar-refractivity contribution in [1.82, 2.24) is 19.4 Å². The zero-order chi connectivity index (χ0) is 16.6. The molecule has 3 aliphatic rings. The van der Waals surface area contributed by atoms with E-state index in [2.05, 4.69) is 14.5 Å². The van der Waals surface area contributed by atoms with Crippen LogP contribution in [0, 0.1) is 5.41 Å². The Hall–Kier alpha value is -1.36. The molecule has 2 saturated heterocycles. The molecule has 2 aliphatic heterocycles. The number of aromatic nitrogens is 2. The highest BCUT2D eigenvalue weighted by Gasteiger charge is 2.47. The van der Waals surface area contributed by atoms with Gasteiger partial charge in [0.25, 0.3) is 0 Å². The lowest BCUT2D eigenvalue weighted by molar-refractivity contribution is -0.143. The first-order chi connectivity index (χ1) is 11.7. The lowest BCUT2D eigenvalue weighted by atomic mass is 9.78. The molecular formula is C19H30N4O. The number of carbonyl (C=O) groups is 1. The van der Waals surface area contributed by atoms with E-state index >= 15 is 0 Å². The molecule has 0 radical (unpaired) electrons. The third-order valence-corrected chi connectivity index (χ3v) is 6.48. The van der Waals surface area contributed by atoms with Crippen molar-refractivity contribution in [1.29, 1.82) is 0 Å². The van der Waals surface area contributed by atoms with Crippen molar-refractivity contribution >= 4 is 5.91 Å². The van der Waals surface area contributed by atoms with Crippen molar-refractivity contribution in [3.05, 3.63) is 18.2 Å². The molecule has 5 nitrogen and oxygen atoms in total. The minimum atomic E-state index is -0.108. The maximum absolute atomic E-state index is 12.7. The first kappa shape index (κ1) is 16.1. The average molecular weight is 330 g/mol. The van der Waals surface area contributed by atoms with E-state index in [0.29, 0.717) is 11.9 Å². The van der Waals surface area contributed by atoms with Crippen LogP contribution >= 0.6 is 0 Å². The molecule has 132 valence electrons. The van der Waals surface area contributed by atoms with Crippen LogP contribution in [-0.4, -0.2) is 51.9 Å². The van der Waals surface area contributed by atoms with E-state index in [1.165, 1.54) is 37.8 Å². The molecule has 1 aromatic rings. The van der Waals surface area contributed by atoms with Crippen LogP contribution in [0.2, 0.25) is 0 Å². The van der Waals surface area contributed by atoms with E-state index in [4.69, 9.17) is 0 Å². The smallest absolute Gasteiger partial charge is 0.229 e. The number of hydrogen-bond donors (Lipinski definition) is 0. The molecule has 1 aliphatic carbocycles. The van der Waals surface area contributed by atoms with Gasteiger partial charge in [-0.25, -0.2) is 4.98 Å². The SMILES string of the molecule is CN1CCCC2(CCN(Cc3cncn3C3CCCCC3)C2)C1=O. The summed E-state index contributed by atoms with van der Waals surface area (Å²) in [6.07, 6.45) is 13.9. The Labute approximate surface area is 145 Å². The fourth-order valence-corrected chi connectivity index (χ4v) is 5.11. The molecule has 4 rings (SSSR count). The van der Waals surface area contributed by atoms with Crippen LogP contribution in [0.15, 0.2) is 12.5 Å². The molecule has 1 amide bonds. The van der Waals surface area contributed by atoms with Crippen molar-refractivity contribution in [3.8, 4) is 0 Å². The van der Waals surface area contributed by atoms with Gasteiger partial charge in [0.15, 0.2) is 0 Å². The summed E-state index contributed by atoms with van der Waals surface area (Å²) in [4.78, 5) is 21.5. The van der Waals surface area contributed by atoms with E-state index in [9.17, 15) is 4.79 Å². The fourth-order valence-electron chi connectivity index (χ4n) is 5.11. The van der Waals surface area contributed by atoms with E-state index < -0.39 is 0 Å². The Balaban J connectivity index is 1.44. The van der Waals surface area contributed by atoms with Crippen LogP contribution in [0.3, 0.4) is 0 Å². The molecule has 5 heteroatoms. The van der Waals surface area contributed by atoms with E-state index in [1.54, 1.807) is 0 Å². The summed E-state index contributed by atoms with van der Waals surface area (Å²) in [6, 6.07) is 0.634. The molecule has 3 fully saturated rings. The second-order valence-electron chi connectivity index (χ2n) is 8.16. The van der Waals surface area contributed by atoms with Gasteiger partial charge in [-0.3, -0.25) is 9.69 Å². The number of rotatable bonds is 3. The molecule has 1 atom stereocenters. The van der Waals surface area contributed by atoms with Crippen LogP contribution in [0.25, 0.3) is 0 Å². The highest BCUT2D eigenvalue weighted by molar-refractivity contribution is 5.83. The van der Waals surface area contributed by atoms with Gasteiger partial charge in [0.2, 0.25) is 5.91 Å². The van der Waals surface area contributed by atoms with Crippen molar-refractivity contribution < 1.29 is 4.79 Å². The van der Waals surface area contributed by atoms with E-state index in [-0.39, 0.29) is 5.41 Å². The molecule has 24 heavy (non-hydrogen) atoms. The number of piperidine rings is 1. The number of likely N-dealkylation sites (tertiary alicyclic amines) is 2. The molecule has 1 aromatic heterocycles. The second kappa shape index (κ2) is 6.51. The number of carbonyl (C=O) groups excluding carboxylic acids is 1. The summed E-state index contributed by atoms with van der Waals surface area (Å²) in [6.45, 7) is 3.83. The Morgan fingerprint density at radius 3 is 2.83 bits per heavy atom. The average Bonchev–Trinajstić information content (AvgIpc) is 3.22. The van der Waals surface area contributed by atoms with Gasteiger partial charge in [-0.05, 0) is 38.6 Å². The largest absolute Gasteiger partial charge is 0.345 e. The number of amides is 1. The van der Waals surface area contributed by atoms with Crippen molar-refractivity contribution in [2.24, 2.45) is 5.41 Å². The Bertz CT molecular complexity index is 592. The van der Waals surface area contributed by atoms with Crippen molar-refractivity contribution in [3.63, 3.8) is 0 Å². The lowest BCUT2D eigenvalue weighted by Gasteiger charge is -2.37. The second-order valence-corrected chi connectivity index (χ2v) is 8.16. The third kappa shape index (κ3) is 2.87. The summed E-state index contributed by atoms with van der Waals surface area (Å²) >= 11 is 0. The molecule has 3 heterocycles. The highest BCUT2D eigenvalue weighted by atomic mass is 16.2. The minimum Gasteiger partial charge on any atom is -0.345 e. The summed E-state index contributed by atoms with van der Waals surface area (Å²) in [7, 11) is 1.96. The zero-order valence-corrected chi connectivity index (χ0v) is 14.9. The van der Waals surface area contributed by atoms with Gasteiger partial charge in [-0.15, -0.1) is 0 Å². The van der Waals surface area contributed by atoms with Gasteiger partial charge in [-0.2, -0.15) is 0 Å². The summed E-state index contributed by atoms with van der Waals surface area (Å²) in [5.41, 5.74) is 1.22. The molecule has 1 saturated carbocycles. The van der Waals surface area contributed by atoms with Crippen LogP contribution < -0.4 is 0 Å². The highest BCUT2D eigenvalue weighted by Crippen LogP contribution is 2.40. The van der Waals surface area contributed by atoms with Crippen LogP contribution in [0.5, 0.6) is 0 Å². The number of nitrogens with zero attached hydrogens (tertiary/aromatic N) is 4. The molecule has 0 bridgehead atoms. The molecule has 0 aromatic carbocycles. The predicted molar refractivity (Wildman–Crippen MR) is 93.5 cm³/mol. The summed E-state index contributed by atoms with van der Waals surface area (Å²) in [5.74, 6) is 0.372. The van der Waals surface area contributed by atoms with Crippen LogP contribution in [-0.2, 0) is 11.3 Å². The molecular weight excluding hydrogens is 300 g/mol. The lowest BCUT2D eigenvalue weighted by Crippen LogP contribution is -2.48. The molecule has 1 unspecified atom stereocenters.